The first-order chi connectivity index (χ1) is 17.0. The number of amides is 2. The summed E-state index contributed by atoms with van der Waals surface area (Å²) in [4.78, 5) is 15.2. The van der Waals surface area contributed by atoms with Crippen molar-refractivity contribution in [1.29, 1.82) is 0 Å². The van der Waals surface area contributed by atoms with Gasteiger partial charge in [0, 0.05) is 5.69 Å². The van der Waals surface area contributed by atoms with Crippen LogP contribution in [0.15, 0.2) is 66.7 Å². The summed E-state index contributed by atoms with van der Waals surface area (Å²) >= 11 is 0. The van der Waals surface area contributed by atoms with E-state index >= 15 is 0 Å². The maximum absolute atomic E-state index is 13.4. The van der Waals surface area contributed by atoms with Crippen LogP contribution in [0.3, 0.4) is 0 Å². The Kier molecular flexibility index (Phi) is 6.81. The molecule has 0 aromatic heterocycles. The van der Waals surface area contributed by atoms with Crippen molar-refractivity contribution in [1.82, 2.24) is 0 Å². The van der Waals surface area contributed by atoms with Gasteiger partial charge < -0.3 is 10.1 Å². The molecule has 5 rings (SSSR count). The van der Waals surface area contributed by atoms with Crippen LogP contribution in [0.4, 0.5) is 16.2 Å². The molecule has 182 valence electrons. The monoisotopic (exact) mass is 468 g/mol. The van der Waals surface area contributed by atoms with Gasteiger partial charge in [-0.25, -0.2) is 4.79 Å². The molecule has 0 radical (unpaired) electrons. The molecule has 1 unspecified atom stereocenters. The highest BCUT2D eigenvalue weighted by atomic mass is 16.5. The molecule has 2 aliphatic rings. The second-order valence-electron chi connectivity index (χ2n) is 10.4. The van der Waals surface area contributed by atoms with Crippen molar-refractivity contribution in [3.63, 3.8) is 0 Å². The predicted octanol–water partition coefficient (Wildman–Crippen LogP) is 8.34. The fourth-order valence-electron chi connectivity index (χ4n) is 5.49. The summed E-state index contributed by atoms with van der Waals surface area (Å²) in [5.41, 5.74) is 6.55. The molecule has 35 heavy (non-hydrogen) atoms. The first kappa shape index (κ1) is 23.5. The second kappa shape index (κ2) is 10.2. The molecule has 3 aromatic rings. The number of para-hydroxylation sites is 1. The standard InChI is InChI=1S/C31H36N2O2/c1-21(2)27-11-7-8-12-28(27)32-31(34)33-20-22(3)35-30-19-26(17-18-29(30)33)25-15-13-24(14-16-25)23-9-5-4-6-10-23/h7-8,11-19,21-23H,4-6,9-10,20H2,1-3H3,(H,32,34). The van der Waals surface area contributed by atoms with E-state index in [1.165, 1.54) is 43.2 Å². The van der Waals surface area contributed by atoms with E-state index in [4.69, 9.17) is 4.74 Å². The van der Waals surface area contributed by atoms with E-state index < -0.39 is 0 Å². The Balaban J connectivity index is 1.37. The number of benzene rings is 3. The largest absolute Gasteiger partial charge is 0.487 e. The Hall–Kier alpha value is -3.27. The molecule has 1 atom stereocenters. The zero-order chi connectivity index (χ0) is 24.4. The van der Waals surface area contributed by atoms with Crippen LogP contribution < -0.4 is 15.0 Å². The number of fused-ring (bicyclic) bond motifs is 1. The maximum Gasteiger partial charge on any atom is 0.326 e. The van der Waals surface area contributed by atoms with Crippen LogP contribution in [0.2, 0.25) is 0 Å². The van der Waals surface area contributed by atoms with Crippen LogP contribution >= 0.6 is 0 Å². The van der Waals surface area contributed by atoms with Gasteiger partial charge in [-0.3, -0.25) is 4.90 Å². The summed E-state index contributed by atoms with van der Waals surface area (Å²) in [7, 11) is 0. The van der Waals surface area contributed by atoms with Gasteiger partial charge in [-0.1, -0.05) is 81.6 Å². The van der Waals surface area contributed by atoms with Gasteiger partial charge in [-0.05, 0) is 72.1 Å². The molecule has 2 amide bonds. The highest BCUT2D eigenvalue weighted by Gasteiger charge is 2.28. The van der Waals surface area contributed by atoms with E-state index in [9.17, 15) is 4.79 Å². The summed E-state index contributed by atoms with van der Waals surface area (Å²) in [6, 6.07) is 23.1. The number of carbonyl (C=O) groups excluding carboxylic acids is 1. The van der Waals surface area contributed by atoms with Gasteiger partial charge >= 0.3 is 6.03 Å². The van der Waals surface area contributed by atoms with E-state index in [1.54, 1.807) is 4.90 Å². The van der Waals surface area contributed by atoms with Crippen LogP contribution in [0.25, 0.3) is 11.1 Å². The minimum Gasteiger partial charge on any atom is -0.487 e. The number of hydrogen-bond donors (Lipinski definition) is 1. The summed E-state index contributed by atoms with van der Waals surface area (Å²) < 4.78 is 6.18. The zero-order valence-electron chi connectivity index (χ0n) is 21.1. The molecule has 1 N–H and O–H groups in total. The van der Waals surface area contributed by atoms with E-state index in [-0.39, 0.29) is 12.1 Å². The average Bonchev–Trinajstić information content (AvgIpc) is 2.88. The van der Waals surface area contributed by atoms with Crippen molar-refractivity contribution < 1.29 is 9.53 Å². The molecule has 3 aromatic carbocycles. The number of rotatable bonds is 4. The topological polar surface area (TPSA) is 41.6 Å². The minimum atomic E-state index is -0.126. The fourth-order valence-corrected chi connectivity index (χ4v) is 5.49. The lowest BCUT2D eigenvalue weighted by Crippen LogP contribution is -2.44. The molecule has 4 heteroatoms. The van der Waals surface area contributed by atoms with E-state index in [2.05, 4.69) is 61.6 Å². The fraction of sp³-hybridized carbons (Fsp3) is 0.387. The summed E-state index contributed by atoms with van der Waals surface area (Å²) in [6.45, 7) is 6.80. The van der Waals surface area contributed by atoms with Crippen molar-refractivity contribution >= 4 is 17.4 Å². The predicted molar refractivity (Wildman–Crippen MR) is 145 cm³/mol. The van der Waals surface area contributed by atoms with Crippen molar-refractivity contribution in [3.8, 4) is 16.9 Å². The SMILES string of the molecule is CC1CN(C(=O)Nc2ccccc2C(C)C)c2ccc(-c3ccc(C4CCCCC4)cc3)cc2O1. The number of nitrogens with zero attached hydrogens (tertiary/aromatic N) is 1. The molecule has 1 fully saturated rings. The molecule has 0 saturated heterocycles. The molecular weight excluding hydrogens is 432 g/mol. The van der Waals surface area contributed by atoms with Gasteiger partial charge in [0.2, 0.25) is 0 Å². The molecule has 1 heterocycles. The minimum absolute atomic E-state index is 0.0856. The van der Waals surface area contributed by atoms with Gasteiger partial charge in [0.15, 0.2) is 0 Å². The number of urea groups is 1. The quantitative estimate of drug-likeness (QED) is 0.418. The van der Waals surface area contributed by atoms with Gasteiger partial charge in [-0.2, -0.15) is 0 Å². The van der Waals surface area contributed by atoms with Gasteiger partial charge in [-0.15, -0.1) is 0 Å². The van der Waals surface area contributed by atoms with E-state index in [1.807, 2.05) is 31.2 Å². The highest BCUT2D eigenvalue weighted by Crippen LogP contribution is 2.39. The van der Waals surface area contributed by atoms with Crippen molar-refractivity contribution in [3.05, 3.63) is 77.9 Å². The van der Waals surface area contributed by atoms with Crippen LogP contribution in [0, 0.1) is 0 Å². The third kappa shape index (κ3) is 5.07. The van der Waals surface area contributed by atoms with Crippen LogP contribution in [0.1, 0.15) is 75.8 Å². The molecule has 4 nitrogen and oxygen atoms in total. The maximum atomic E-state index is 13.4. The Morgan fingerprint density at radius 3 is 2.40 bits per heavy atom. The third-order valence-electron chi connectivity index (χ3n) is 7.41. The summed E-state index contributed by atoms with van der Waals surface area (Å²) in [5, 5.41) is 3.14. The molecular formula is C31H36N2O2. The number of ether oxygens (including phenoxy) is 1. The number of nitrogens with one attached hydrogen (secondary N) is 1. The number of hydrogen-bond acceptors (Lipinski definition) is 2. The Morgan fingerprint density at radius 1 is 0.943 bits per heavy atom. The second-order valence-corrected chi connectivity index (χ2v) is 10.4. The van der Waals surface area contributed by atoms with Crippen molar-refractivity contribution in [2.45, 2.75) is 70.8 Å². The molecule has 0 bridgehead atoms. The Bertz CT molecular complexity index is 1180. The lowest BCUT2D eigenvalue weighted by atomic mass is 9.84. The Morgan fingerprint density at radius 2 is 1.66 bits per heavy atom. The van der Waals surface area contributed by atoms with Gasteiger partial charge in [0.25, 0.3) is 0 Å². The third-order valence-corrected chi connectivity index (χ3v) is 7.41. The molecule has 1 aliphatic carbocycles. The first-order valence-corrected chi connectivity index (χ1v) is 13.1. The average molecular weight is 469 g/mol. The molecule has 1 aliphatic heterocycles. The summed E-state index contributed by atoms with van der Waals surface area (Å²) in [5.74, 6) is 1.79. The van der Waals surface area contributed by atoms with Gasteiger partial charge in [0.05, 0.1) is 12.2 Å². The Labute approximate surface area is 209 Å². The zero-order valence-corrected chi connectivity index (χ0v) is 21.1. The van der Waals surface area contributed by atoms with Crippen LogP contribution in [-0.4, -0.2) is 18.7 Å². The van der Waals surface area contributed by atoms with Crippen LogP contribution in [0.5, 0.6) is 5.75 Å². The van der Waals surface area contributed by atoms with Crippen LogP contribution in [-0.2, 0) is 0 Å². The van der Waals surface area contributed by atoms with E-state index in [0.717, 1.165) is 28.3 Å². The molecule has 0 spiro atoms. The van der Waals surface area contributed by atoms with Crippen molar-refractivity contribution in [2.75, 3.05) is 16.8 Å². The normalized spacial score (nSPS) is 18.2. The summed E-state index contributed by atoms with van der Waals surface area (Å²) in [6.07, 6.45) is 6.60. The lowest BCUT2D eigenvalue weighted by molar-refractivity contribution is 0.209. The van der Waals surface area contributed by atoms with E-state index in [0.29, 0.717) is 18.4 Å². The smallest absolute Gasteiger partial charge is 0.326 e. The first-order valence-electron chi connectivity index (χ1n) is 13.1. The van der Waals surface area contributed by atoms with Crippen molar-refractivity contribution in [2.24, 2.45) is 0 Å². The highest BCUT2D eigenvalue weighted by molar-refractivity contribution is 6.03. The molecule has 1 saturated carbocycles. The van der Waals surface area contributed by atoms with Gasteiger partial charge in [0.1, 0.15) is 11.9 Å². The number of anilines is 2. The number of carbonyl (C=O) groups is 1. The lowest BCUT2D eigenvalue weighted by Gasteiger charge is -2.34.